The SMILES string of the molecule is COc1ccc(CCN(C)CC(=O)N[C@](C)(C#N)C2CC2)cc1OC. The van der Waals surface area contributed by atoms with E-state index in [1.165, 1.54) is 0 Å². The van der Waals surface area contributed by atoms with Crippen LogP contribution in [0.2, 0.25) is 0 Å². The molecule has 2 rings (SSSR count). The Hall–Kier alpha value is -2.26. The number of hydrogen-bond acceptors (Lipinski definition) is 5. The molecule has 0 heterocycles. The molecular formula is C19H27N3O3. The first-order valence-corrected chi connectivity index (χ1v) is 8.53. The third-order valence-electron chi connectivity index (χ3n) is 4.67. The number of amides is 1. The number of carbonyl (C=O) groups excluding carboxylic acids is 1. The van der Waals surface area contributed by atoms with E-state index >= 15 is 0 Å². The van der Waals surface area contributed by atoms with Crippen molar-refractivity contribution in [1.29, 1.82) is 5.26 Å². The summed E-state index contributed by atoms with van der Waals surface area (Å²) in [6.07, 6.45) is 2.82. The highest BCUT2D eigenvalue weighted by Gasteiger charge is 2.42. The second-order valence-electron chi connectivity index (χ2n) is 6.81. The molecule has 0 radical (unpaired) electrons. The van der Waals surface area contributed by atoms with Crippen molar-refractivity contribution in [3.05, 3.63) is 23.8 Å². The van der Waals surface area contributed by atoms with Crippen LogP contribution in [0.4, 0.5) is 0 Å². The van der Waals surface area contributed by atoms with Gasteiger partial charge in [0.25, 0.3) is 0 Å². The molecule has 0 aliphatic heterocycles. The molecule has 1 saturated carbocycles. The van der Waals surface area contributed by atoms with Gasteiger partial charge in [0, 0.05) is 6.54 Å². The van der Waals surface area contributed by atoms with Crippen LogP contribution < -0.4 is 14.8 Å². The number of nitrogens with one attached hydrogen (secondary N) is 1. The minimum atomic E-state index is -0.735. The predicted octanol–water partition coefficient (Wildman–Crippen LogP) is 1.99. The summed E-state index contributed by atoms with van der Waals surface area (Å²) < 4.78 is 10.5. The van der Waals surface area contributed by atoms with Gasteiger partial charge in [-0.25, -0.2) is 0 Å². The van der Waals surface area contributed by atoms with E-state index in [9.17, 15) is 10.1 Å². The van der Waals surface area contributed by atoms with E-state index in [4.69, 9.17) is 9.47 Å². The van der Waals surface area contributed by atoms with Gasteiger partial charge >= 0.3 is 0 Å². The van der Waals surface area contributed by atoms with Crippen molar-refractivity contribution >= 4 is 5.91 Å². The first-order valence-electron chi connectivity index (χ1n) is 8.53. The summed E-state index contributed by atoms with van der Waals surface area (Å²) in [6.45, 7) is 2.82. The van der Waals surface area contributed by atoms with Crippen LogP contribution >= 0.6 is 0 Å². The molecule has 136 valence electrons. The number of benzene rings is 1. The monoisotopic (exact) mass is 345 g/mol. The smallest absolute Gasteiger partial charge is 0.235 e. The maximum absolute atomic E-state index is 12.2. The van der Waals surface area contributed by atoms with E-state index in [0.29, 0.717) is 17.4 Å². The van der Waals surface area contributed by atoms with Crippen molar-refractivity contribution in [3.63, 3.8) is 0 Å². The molecule has 1 atom stereocenters. The largest absolute Gasteiger partial charge is 0.493 e. The number of carbonyl (C=O) groups is 1. The average molecular weight is 345 g/mol. The highest BCUT2D eigenvalue weighted by atomic mass is 16.5. The third-order valence-corrected chi connectivity index (χ3v) is 4.67. The standard InChI is InChI=1S/C19H27N3O3/c1-19(13-20,15-6-7-15)21-18(23)12-22(2)10-9-14-5-8-16(24-3)17(11-14)25-4/h5,8,11,15H,6-7,9-10,12H2,1-4H3,(H,21,23)/t19-/m1/s1. The van der Waals surface area contributed by atoms with Crippen LogP contribution in [0.3, 0.4) is 0 Å². The second kappa shape index (κ2) is 8.21. The fourth-order valence-corrected chi connectivity index (χ4v) is 2.89. The summed E-state index contributed by atoms with van der Waals surface area (Å²) in [7, 11) is 5.13. The lowest BCUT2D eigenvalue weighted by Crippen LogP contribution is -2.49. The maximum atomic E-state index is 12.2. The first kappa shape index (κ1) is 19.1. The van der Waals surface area contributed by atoms with Gasteiger partial charge < -0.3 is 14.8 Å². The van der Waals surface area contributed by atoms with E-state index in [-0.39, 0.29) is 12.5 Å². The predicted molar refractivity (Wildman–Crippen MR) is 95.6 cm³/mol. The molecule has 6 heteroatoms. The number of hydrogen-bond donors (Lipinski definition) is 1. The Bertz CT molecular complexity index is 652. The quantitative estimate of drug-likeness (QED) is 0.741. The average Bonchev–Trinajstić information content (AvgIpc) is 3.44. The summed E-state index contributed by atoms with van der Waals surface area (Å²) in [6, 6.07) is 8.08. The molecule has 1 N–H and O–H groups in total. The zero-order chi connectivity index (χ0) is 18.4. The van der Waals surface area contributed by atoms with Gasteiger partial charge in [0.1, 0.15) is 5.54 Å². The zero-order valence-corrected chi connectivity index (χ0v) is 15.5. The van der Waals surface area contributed by atoms with Crippen molar-refractivity contribution in [3.8, 4) is 17.6 Å². The number of nitriles is 1. The molecular weight excluding hydrogens is 318 g/mol. The van der Waals surface area contributed by atoms with Crippen molar-refractivity contribution in [2.75, 3.05) is 34.4 Å². The number of methoxy groups -OCH3 is 2. The Balaban J connectivity index is 1.83. The molecule has 1 aliphatic rings. The van der Waals surface area contributed by atoms with E-state index in [2.05, 4.69) is 11.4 Å². The zero-order valence-electron chi connectivity index (χ0n) is 15.5. The van der Waals surface area contributed by atoms with Crippen molar-refractivity contribution in [2.24, 2.45) is 5.92 Å². The third kappa shape index (κ3) is 5.10. The minimum Gasteiger partial charge on any atom is -0.493 e. The molecule has 0 saturated heterocycles. The number of likely N-dealkylation sites (N-methyl/N-ethyl adjacent to an activating group) is 1. The normalized spacial score (nSPS) is 16.0. The summed E-state index contributed by atoms with van der Waals surface area (Å²) in [4.78, 5) is 14.2. The van der Waals surface area contributed by atoms with Crippen LogP contribution in [0.25, 0.3) is 0 Å². The van der Waals surface area contributed by atoms with Crippen molar-refractivity contribution in [1.82, 2.24) is 10.2 Å². The molecule has 25 heavy (non-hydrogen) atoms. The highest BCUT2D eigenvalue weighted by molar-refractivity contribution is 5.79. The van der Waals surface area contributed by atoms with Crippen LogP contribution in [0.15, 0.2) is 18.2 Å². The molecule has 0 unspecified atom stereocenters. The summed E-state index contributed by atoms with van der Waals surface area (Å²) in [5.74, 6) is 1.59. The molecule has 1 aliphatic carbocycles. The first-order chi connectivity index (χ1) is 11.9. The van der Waals surface area contributed by atoms with E-state index < -0.39 is 5.54 Å². The van der Waals surface area contributed by atoms with Gasteiger partial charge in [-0.05, 0) is 56.8 Å². The number of rotatable bonds is 9. The Kier molecular flexibility index (Phi) is 6.27. The topological polar surface area (TPSA) is 74.6 Å². The lowest BCUT2D eigenvalue weighted by atomic mass is 9.98. The Labute approximate surface area is 149 Å². The summed E-state index contributed by atoms with van der Waals surface area (Å²) in [5.41, 5.74) is 0.381. The number of nitrogens with zero attached hydrogens (tertiary/aromatic N) is 2. The second-order valence-corrected chi connectivity index (χ2v) is 6.81. The van der Waals surface area contributed by atoms with Crippen LogP contribution in [-0.4, -0.2) is 50.7 Å². The van der Waals surface area contributed by atoms with Crippen molar-refractivity contribution < 1.29 is 14.3 Å². The van der Waals surface area contributed by atoms with Crippen molar-refractivity contribution in [2.45, 2.75) is 31.7 Å². The molecule has 0 aromatic heterocycles. The van der Waals surface area contributed by atoms with Gasteiger partial charge in [-0.1, -0.05) is 6.07 Å². The number of ether oxygens (including phenoxy) is 2. The van der Waals surface area contributed by atoms with E-state index in [0.717, 1.165) is 31.4 Å². The van der Waals surface area contributed by atoms with Gasteiger partial charge in [0.2, 0.25) is 5.91 Å². The highest BCUT2D eigenvalue weighted by Crippen LogP contribution is 2.39. The molecule has 6 nitrogen and oxygen atoms in total. The van der Waals surface area contributed by atoms with E-state index in [1.807, 2.05) is 37.1 Å². The molecule has 0 spiro atoms. The van der Waals surface area contributed by atoms with Crippen LogP contribution in [0.5, 0.6) is 11.5 Å². The molecule has 1 aromatic rings. The van der Waals surface area contributed by atoms with Crippen LogP contribution in [-0.2, 0) is 11.2 Å². The molecule has 1 aromatic carbocycles. The molecule has 0 bridgehead atoms. The lowest BCUT2D eigenvalue weighted by Gasteiger charge is -2.25. The fraction of sp³-hybridized carbons (Fsp3) is 0.579. The lowest BCUT2D eigenvalue weighted by molar-refractivity contribution is -0.123. The van der Waals surface area contributed by atoms with Gasteiger partial charge in [0.05, 0.1) is 26.8 Å². The minimum absolute atomic E-state index is 0.106. The molecule has 1 fully saturated rings. The Morgan fingerprint density at radius 3 is 2.60 bits per heavy atom. The maximum Gasteiger partial charge on any atom is 0.235 e. The Morgan fingerprint density at radius 1 is 1.36 bits per heavy atom. The fourth-order valence-electron chi connectivity index (χ4n) is 2.89. The summed E-state index contributed by atoms with van der Waals surface area (Å²) >= 11 is 0. The summed E-state index contributed by atoms with van der Waals surface area (Å²) in [5, 5.41) is 12.2. The van der Waals surface area contributed by atoms with Gasteiger partial charge in [0.15, 0.2) is 11.5 Å². The van der Waals surface area contributed by atoms with Crippen LogP contribution in [0.1, 0.15) is 25.3 Å². The van der Waals surface area contributed by atoms with Gasteiger partial charge in [-0.3, -0.25) is 9.69 Å². The van der Waals surface area contributed by atoms with Crippen LogP contribution in [0, 0.1) is 17.2 Å². The van der Waals surface area contributed by atoms with Gasteiger partial charge in [-0.2, -0.15) is 5.26 Å². The van der Waals surface area contributed by atoms with Gasteiger partial charge in [-0.15, -0.1) is 0 Å². The Morgan fingerprint density at radius 2 is 2.04 bits per heavy atom. The molecule has 1 amide bonds. The van der Waals surface area contributed by atoms with E-state index in [1.54, 1.807) is 14.2 Å².